The number of carbonyl (C=O) groups excluding carboxylic acids is 3. The number of nitrogens with one attached hydrogen (secondary N) is 1. The van der Waals surface area contributed by atoms with Crippen molar-refractivity contribution in [3.05, 3.63) is 29.8 Å². The third-order valence-corrected chi connectivity index (χ3v) is 3.72. The second-order valence-electron chi connectivity index (χ2n) is 5.59. The zero-order valence-corrected chi connectivity index (χ0v) is 13.4. The minimum absolute atomic E-state index is 0.0267. The quantitative estimate of drug-likeness (QED) is 0.472. The first-order chi connectivity index (χ1) is 11.7. The molecule has 6 nitrogen and oxygen atoms in total. The van der Waals surface area contributed by atoms with Crippen molar-refractivity contribution in [2.24, 2.45) is 5.92 Å². The van der Waals surface area contributed by atoms with Crippen LogP contribution < -0.4 is 10.1 Å². The van der Waals surface area contributed by atoms with Crippen LogP contribution in [0.3, 0.4) is 0 Å². The van der Waals surface area contributed by atoms with E-state index in [1.165, 1.54) is 30.1 Å². The van der Waals surface area contributed by atoms with Crippen molar-refractivity contribution in [2.75, 3.05) is 26.7 Å². The predicted octanol–water partition coefficient (Wildman–Crippen LogP) is 1.25. The second kappa shape index (κ2) is 7.54. The molecule has 0 radical (unpaired) electrons. The Morgan fingerprint density at radius 1 is 1.32 bits per heavy atom. The molecule has 1 aromatic carbocycles. The fourth-order valence-electron chi connectivity index (χ4n) is 2.39. The Morgan fingerprint density at radius 3 is 2.60 bits per heavy atom. The van der Waals surface area contributed by atoms with E-state index in [2.05, 4.69) is 5.32 Å². The van der Waals surface area contributed by atoms with Gasteiger partial charge in [-0.15, -0.1) is 0 Å². The number of amides is 2. The first kappa shape index (κ1) is 18.8. The third-order valence-electron chi connectivity index (χ3n) is 3.72. The highest BCUT2D eigenvalue weighted by atomic mass is 19.4. The maximum atomic E-state index is 12.8. The lowest BCUT2D eigenvalue weighted by Crippen LogP contribution is -2.36. The van der Waals surface area contributed by atoms with Crippen molar-refractivity contribution < 1.29 is 32.3 Å². The van der Waals surface area contributed by atoms with Gasteiger partial charge in [-0.1, -0.05) is 12.1 Å². The van der Waals surface area contributed by atoms with Crippen LogP contribution in [0.15, 0.2) is 24.3 Å². The molecule has 25 heavy (non-hydrogen) atoms. The summed E-state index contributed by atoms with van der Waals surface area (Å²) in [4.78, 5) is 36.0. The van der Waals surface area contributed by atoms with Crippen LogP contribution >= 0.6 is 0 Å². The molecule has 1 aromatic rings. The summed E-state index contributed by atoms with van der Waals surface area (Å²) in [7, 11) is 1.43. The van der Waals surface area contributed by atoms with Crippen LogP contribution in [0, 0.1) is 5.92 Å². The lowest BCUT2D eigenvalue weighted by atomic mass is 10.1. The molecule has 0 saturated carbocycles. The molecule has 1 unspecified atom stereocenters. The van der Waals surface area contributed by atoms with Crippen LogP contribution in [0.1, 0.15) is 12.0 Å². The van der Waals surface area contributed by atoms with Crippen LogP contribution in [0.2, 0.25) is 0 Å². The molecule has 1 aliphatic heterocycles. The molecule has 1 saturated heterocycles. The number of hydrogen-bond donors (Lipinski definition) is 1. The van der Waals surface area contributed by atoms with Gasteiger partial charge in [-0.25, -0.2) is 0 Å². The molecule has 0 aromatic heterocycles. The van der Waals surface area contributed by atoms with Crippen molar-refractivity contribution in [2.45, 2.75) is 12.6 Å². The third kappa shape index (κ3) is 4.49. The number of alkyl halides is 3. The number of benzene rings is 1. The van der Waals surface area contributed by atoms with Crippen LogP contribution in [0.25, 0.3) is 0 Å². The van der Waals surface area contributed by atoms with Gasteiger partial charge in [-0.05, 0) is 18.6 Å². The summed E-state index contributed by atoms with van der Waals surface area (Å²) in [5.41, 5.74) is -0.864. The maximum Gasteiger partial charge on any atom is 0.419 e. The Hall–Kier alpha value is -2.58. The second-order valence-corrected chi connectivity index (χ2v) is 5.59. The van der Waals surface area contributed by atoms with E-state index in [-0.39, 0.29) is 31.9 Å². The molecular formula is C16H17F3N2O4. The molecule has 0 bridgehead atoms. The van der Waals surface area contributed by atoms with Gasteiger partial charge in [0, 0.05) is 20.1 Å². The Balaban J connectivity index is 1.77. The van der Waals surface area contributed by atoms with Gasteiger partial charge >= 0.3 is 6.18 Å². The van der Waals surface area contributed by atoms with Gasteiger partial charge < -0.3 is 15.0 Å². The van der Waals surface area contributed by atoms with Gasteiger partial charge in [0.1, 0.15) is 11.7 Å². The van der Waals surface area contributed by atoms with E-state index in [0.29, 0.717) is 0 Å². The van der Waals surface area contributed by atoms with E-state index in [1.54, 1.807) is 0 Å². The number of ketones is 1. The van der Waals surface area contributed by atoms with Gasteiger partial charge in [0.25, 0.3) is 5.91 Å². The van der Waals surface area contributed by atoms with Gasteiger partial charge in [0.2, 0.25) is 11.7 Å². The molecule has 0 aliphatic carbocycles. The van der Waals surface area contributed by atoms with Crippen molar-refractivity contribution in [3.63, 3.8) is 0 Å². The lowest BCUT2D eigenvalue weighted by Gasteiger charge is -2.14. The molecule has 2 amide bonds. The number of carbonyl (C=O) groups is 3. The van der Waals surface area contributed by atoms with Crippen LogP contribution in [0.4, 0.5) is 13.2 Å². The molecule has 0 spiro atoms. The number of likely N-dealkylation sites (tertiary alicyclic amines) is 1. The van der Waals surface area contributed by atoms with Gasteiger partial charge in [-0.2, -0.15) is 13.2 Å². The number of halogens is 3. The summed E-state index contributed by atoms with van der Waals surface area (Å²) in [6, 6.07) is 4.86. The number of nitrogens with zero attached hydrogens (tertiary/aromatic N) is 1. The van der Waals surface area contributed by atoms with E-state index in [9.17, 15) is 27.6 Å². The fraction of sp³-hybridized carbons (Fsp3) is 0.438. The van der Waals surface area contributed by atoms with Gasteiger partial charge in [-0.3, -0.25) is 14.4 Å². The smallest absolute Gasteiger partial charge is 0.419 e. The SMILES string of the molecule is CN1CC(C(=O)NCCCOc2ccccc2C(F)(F)F)C(=O)C1=O. The van der Waals surface area contributed by atoms with Gasteiger partial charge in [0.05, 0.1) is 12.2 Å². The molecule has 1 heterocycles. The minimum Gasteiger partial charge on any atom is -0.493 e. The Morgan fingerprint density at radius 2 is 2.00 bits per heavy atom. The molecule has 1 fully saturated rings. The first-order valence-corrected chi connectivity index (χ1v) is 7.58. The zero-order valence-electron chi connectivity index (χ0n) is 13.4. The Kier molecular flexibility index (Phi) is 5.66. The summed E-state index contributed by atoms with van der Waals surface area (Å²) in [6.45, 7) is 0.110. The topological polar surface area (TPSA) is 75.7 Å². The monoisotopic (exact) mass is 358 g/mol. The number of ether oxygens (including phenoxy) is 1. The highest BCUT2D eigenvalue weighted by Gasteiger charge is 2.41. The maximum absolute atomic E-state index is 12.8. The molecule has 9 heteroatoms. The standard InChI is InChI=1S/C16H17F3N2O4/c1-21-9-10(13(22)15(21)24)14(23)20-7-4-8-25-12-6-3-2-5-11(12)16(17,18)19/h2-3,5-6,10H,4,7-9H2,1H3,(H,20,23). The first-order valence-electron chi connectivity index (χ1n) is 7.58. The zero-order chi connectivity index (χ0) is 18.6. The Labute approximate surface area is 141 Å². The summed E-state index contributed by atoms with van der Waals surface area (Å²) >= 11 is 0. The van der Waals surface area contributed by atoms with E-state index in [4.69, 9.17) is 4.74 Å². The molecule has 1 aliphatic rings. The summed E-state index contributed by atoms with van der Waals surface area (Å²) in [5.74, 6) is -3.34. The highest BCUT2D eigenvalue weighted by molar-refractivity contribution is 6.42. The molecular weight excluding hydrogens is 341 g/mol. The largest absolute Gasteiger partial charge is 0.493 e. The van der Waals surface area contributed by atoms with E-state index in [0.717, 1.165) is 6.07 Å². The van der Waals surface area contributed by atoms with Crippen molar-refractivity contribution >= 4 is 17.6 Å². The molecule has 2 rings (SSSR count). The average Bonchev–Trinajstić information content (AvgIpc) is 2.81. The predicted molar refractivity (Wildman–Crippen MR) is 80.7 cm³/mol. The summed E-state index contributed by atoms with van der Waals surface area (Å²) in [5, 5.41) is 2.49. The van der Waals surface area contributed by atoms with Crippen molar-refractivity contribution in [3.8, 4) is 5.75 Å². The van der Waals surface area contributed by atoms with Gasteiger partial charge in [0.15, 0.2) is 0 Å². The summed E-state index contributed by atoms with van der Waals surface area (Å²) in [6.07, 6.45) is -4.26. The number of para-hydroxylation sites is 1. The molecule has 1 N–H and O–H groups in total. The highest BCUT2D eigenvalue weighted by Crippen LogP contribution is 2.35. The van der Waals surface area contributed by atoms with Crippen LogP contribution in [-0.4, -0.2) is 49.2 Å². The van der Waals surface area contributed by atoms with E-state index < -0.39 is 35.3 Å². The Bertz CT molecular complexity index is 676. The number of likely N-dealkylation sites (N-methyl/N-ethyl adjacent to an activating group) is 1. The lowest BCUT2D eigenvalue weighted by molar-refractivity contribution is -0.142. The van der Waals surface area contributed by atoms with E-state index >= 15 is 0 Å². The average molecular weight is 358 g/mol. The van der Waals surface area contributed by atoms with E-state index in [1.807, 2.05) is 0 Å². The fourth-order valence-corrected chi connectivity index (χ4v) is 2.39. The van der Waals surface area contributed by atoms with Crippen LogP contribution in [-0.2, 0) is 20.6 Å². The summed E-state index contributed by atoms with van der Waals surface area (Å²) < 4.78 is 43.5. The number of Topliss-reactive ketones (excluding diaryl/α,β-unsaturated/α-hetero) is 1. The number of hydrogen-bond acceptors (Lipinski definition) is 4. The number of rotatable bonds is 6. The minimum atomic E-state index is -4.51. The van der Waals surface area contributed by atoms with Crippen molar-refractivity contribution in [1.82, 2.24) is 10.2 Å². The van der Waals surface area contributed by atoms with Crippen LogP contribution in [0.5, 0.6) is 5.75 Å². The van der Waals surface area contributed by atoms with Crippen molar-refractivity contribution in [1.29, 1.82) is 0 Å². The molecule has 1 atom stereocenters. The normalized spacial score (nSPS) is 17.8. The molecule has 136 valence electrons.